The number of hydrogen-bond acceptors (Lipinski definition) is 6. The molecule has 0 radical (unpaired) electrons. The first-order valence-electron chi connectivity index (χ1n) is 17.7. The zero-order chi connectivity index (χ0) is 37.3. The molecule has 0 amide bonds. The van der Waals surface area contributed by atoms with Crippen LogP contribution in [0.25, 0.3) is 48.1 Å². The molecule has 7 aromatic carbocycles. The molecule has 0 aliphatic rings. The van der Waals surface area contributed by atoms with Crippen molar-refractivity contribution in [2.45, 2.75) is 0 Å². The van der Waals surface area contributed by atoms with Crippen molar-refractivity contribution in [3.8, 4) is 15.8 Å². The summed E-state index contributed by atoms with van der Waals surface area (Å²) in [5.41, 5.74) is 5.81. The molecule has 0 bridgehead atoms. The first-order chi connectivity index (χ1) is 27.1. The van der Waals surface area contributed by atoms with E-state index < -0.39 is 5.97 Å². The van der Waals surface area contributed by atoms with Gasteiger partial charge in [0.2, 0.25) is 0 Å². The number of fused-ring (bicyclic) bond motifs is 6. The van der Waals surface area contributed by atoms with Crippen LogP contribution in [0.15, 0.2) is 181 Å². The van der Waals surface area contributed by atoms with E-state index in [1.807, 2.05) is 60.7 Å². The first-order valence-corrected chi connectivity index (χ1v) is 19.4. The standard InChI is InChI=1S/C48H31N3O2S2/c49-31-32(48(52)53)28-44-45-39-25-23-37(50(33-14-5-1-6-15-33)34-16-7-2-8-17-34)29-41(39)42-30-38(24-26-40(42)46(45)47(55-44)43-22-13-27-54-43)51(35-18-9-3-10-19-35)36-20-11-4-12-21-36/h1-30H,(H,52,53)/b32-28-. The topological polar surface area (TPSA) is 67.6 Å². The Hall–Kier alpha value is -6.98. The fraction of sp³-hybridized carbons (Fsp3) is 0. The Kier molecular flexibility index (Phi) is 8.89. The Morgan fingerprint density at radius 3 is 1.40 bits per heavy atom. The molecule has 0 saturated carbocycles. The molecule has 0 unspecified atom stereocenters. The van der Waals surface area contributed by atoms with Crippen molar-refractivity contribution in [1.29, 1.82) is 5.26 Å². The average Bonchev–Trinajstić information content (AvgIpc) is 3.91. The summed E-state index contributed by atoms with van der Waals surface area (Å²) in [5.74, 6) is -1.25. The lowest BCUT2D eigenvalue weighted by molar-refractivity contribution is -0.132. The van der Waals surface area contributed by atoms with Crippen molar-refractivity contribution in [1.82, 2.24) is 0 Å². The minimum atomic E-state index is -1.25. The number of para-hydroxylation sites is 4. The molecule has 2 heterocycles. The number of carboxylic acids is 1. The molecule has 9 rings (SSSR count). The number of nitrogens with zero attached hydrogens (tertiary/aromatic N) is 3. The van der Waals surface area contributed by atoms with Crippen LogP contribution in [0.2, 0.25) is 0 Å². The van der Waals surface area contributed by atoms with Gasteiger partial charge in [-0.2, -0.15) is 5.26 Å². The molecule has 0 fully saturated rings. The van der Waals surface area contributed by atoms with E-state index in [0.29, 0.717) is 0 Å². The Balaban J connectivity index is 1.41. The number of hydrogen-bond donors (Lipinski definition) is 1. The van der Waals surface area contributed by atoms with Crippen LogP contribution in [-0.4, -0.2) is 11.1 Å². The minimum Gasteiger partial charge on any atom is -0.477 e. The van der Waals surface area contributed by atoms with Crippen molar-refractivity contribution < 1.29 is 9.90 Å². The van der Waals surface area contributed by atoms with E-state index >= 15 is 0 Å². The summed E-state index contributed by atoms with van der Waals surface area (Å²) < 4.78 is 0. The Morgan fingerprint density at radius 1 is 0.545 bits per heavy atom. The van der Waals surface area contributed by atoms with Gasteiger partial charge in [0, 0.05) is 54.7 Å². The molecular weight excluding hydrogens is 715 g/mol. The van der Waals surface area contributed by atoms with Gasteiger partial charge in [-0.25, -0.2) is 4.79 Å². The van der Waals surface area contributed by atoms with Crippen LogP contribution in [-0.2, 0) is 4.79 Å². The minimum absolute atomic E-state index is 0.304. The molecule has 0 aliphatic carbocycles. The van der Waals surface area contributed by atoms with Crippen LogP contribution in [0.5, 0.6) is 0 Å². The van der Waals surface area contributed by atoms with E-state index in [4.69, 9.17) is 0 Å². The monoisotopic (exact) mass is 745 g/mol. The number of carboxylic acid groups (broad SMARTS) is 1. The van der Waals surface area contributed by atoms with Gasteiger partial charge < -0.3 is 14.9 Å². The molecule has 55 heavy (non-hydrogen) atoms. The lowest BCUT2D eigenvalue weighted by Crippen LogP contribution is -2.10. The quantitative estimate of drug-likeness (QED) is 0.0905. The number of anilines is 6. The predicted octanol–water partition coefficient (Wildman–Crippen LogP) is 13.9. The van der Waals surface area contributed by atoms with Gasteiger partial charge >= 0.3 is 5.97 Å². The molecule has 7 heteroatoms. The largest absolute Gasteiger partial charge is 0.477 e. The zero-order valence-corrected chi connectivity index (χ0v) is 31.0. The molecule has 5 nitrogen and oxygen atoms in total. The summed E-state index contributed by atoms with van der Waals surface area (Å²) in [6.45, 7) is 0. The van der Waals surface area contributed by atoms with Crippen molar-refractivity contribution in [2.75, 3.05) is 9.80 Å². The first kappa shape index (κ1) is 33.8. The summed E-state index contributed by atoms with van der Waals surface area (Å²) >= 11 is 3.18. The molecule has 0 spiro atoms. The fourth-order valence-corrected chi connectivity index (χ4v) is 9.49. The number of benzene rings is 7. The Labute approximate surface area is 326 Å². The van der Waals surface area contributed by atoms with E-state index in [0.717, 1.165) is 81.1 Å². The van der Waals surface area contributed by atoms with E-state index in [9.17, 15) is 15.2 Å². The third kappa shape index (κ3) is 6.20. The predicted molar refractivity (Wildman–Crippen MR) is 231 cm³/mol. The fourth-order valence-electron chi connectivity index (χ4n) is 7.36. The Morgan fingerprint density at radius 2 is 1.00 bits per heavy atom. The van der Waals surface area contributed by atoms with Crippen LogP contribution in [0.3, 0.4) is 0 Å². The molecule has 0 atom stereocenters. The number of nitriles is 1. The highest BCUT2D eigenvalue weighted by Gasteiger charge is 2.23. The molecule has 262 valence electrons. The second kappa shape index (κ2) is 14.4. The number of rotatable bonds is 9. The van der Waals surface area contributed by atoms with Crippen LogP contribution < -0.4 is 9.80 Å². The summed E-state index contributed by atoms with van der Waals surface area (Å²) in [5, 5.41) is 28.0. The van der Waals surface area contributed by atoms with Gasteiger partial charge in [0.25, 0.3) is 0 Å². The van der Waals surface area contributed by atoms with Gasteiger partial charge in [-0.1, -0.05) is 91.0 Å². The van der Waals surface area contributed by atoms with Gasteiger partial charge in [0.1, 0.15) is 11.6 Å². The SMILES string of the molecule is N#C/C(=C/c1sc(-c2cccs2)c2c3ccc(N(c4ccccc4)c4ccccc4)cc3c3cc(N(c4ccccc4)c4ccccc4)ccc3c12)C(=O)O. The van der Waals surface area contributed by atoms with Crippen LogP contribution >= 0.6 is 22.7 Å². The summed E-state index contributed by atoms with van der Waals surface area (Å²) in [6, 6.07) is 60.7. The average molecular weight is 746 g/mol. The van der Waals surface area contributed by atoms with Gasteiger partial charge in [-0.05, 0) is 112 Å². The van der Waals surface area contributed by atoms with Crippen LogP contribution in [0.1, 0.15) is 4.88 Å². The lowest BCUT2D eigenvalue weighted by Gasteiger charge is -2.27. The third-order valence-corrected chi connectivity index (χ3v) is 11.9. The maximum Gasteiger partial charge on any atom is 0.346 e. The maximum atomic E-state index is 12.2. The van der Waals surface area contributed by atoms with Crippen LogP contribution in [0.4, 0.5) is 34.1 Å². The molecule has 1 N–H and O–H groups in total. The van der Waals surface area contributed by atoms with E-state index in [2.05, 4.69) is 130 Å². The van der Waals surface area contributed by atoms with E-state index in [1.165, 1.54) is 17.4 Å². The number of thiophene rings is 2. The highest BCUT2D eigenvalue weighted by Crippen LogP contribution is 2.50. The molecule has 9 aromatic rings. The normalized spacial score (nSPS) is 11.5. The zero-order valence-electron chi connectivity index (χ0n) is 29.3. The van der Waals surface area contributed by atoms with Gasteiger partial charge in [-0.3, -0.25) is 0 Å². The van der Waals surface area contributed by atoms with Crippen LogP contribution in [0, 0.1) is 11.3 Å². The summed E-state index contributed by atoms with van der Waals surface area (Å²) in [7, 11) is 0. The van der Waals surface area contributed by atoms with Crippen molar-refractivity contribution in [2.24, 2.45) is 0 Å². The van der Waals surface area contributed by atoms with Crippen molar-refractivity contribution >= 4 is 101 Å². The van der Waals surface area contributed by atoms with Crippen molar-refractivity contribution in [3.05, 3.63) is 186 Å². The lowest BCUT2D eigenvalue weighted by atomic mass is 9.92. The Bertz CT molecular complexity index is 2820. The molecular formula is C48H31N3O2S2. The highest BCUT2D eigenvalue weighted by atomic mass is 32.1. The molecule has 0 saturated heterocycles. The third-order valence-electron chi connectivity index (χ3n) is 9.72. The number of aliphatic carboxylic acids is 1. The second-order valence-corrected chi connectivity index (χ2v) is 15.0. The smallest absolute Gasteiger partial charge is 0.346 e. The van der Waals surface area contributed by atoms with E-state index in [1.54, 1.807) is 11.3 Å². The second-order valence-electron chi connectivity index (χ2n) is 13.0. The summed E-state index contributed by atoms with van der Waals surface area (Å²) in [4.78, 5) is 19.6. The molecule has 0 aliphatic heterocycles. The van der Waals surface area contributed by atoms with Gasteiger partial charge in [-0.15, -0.1) is 22.7 Å². The maximum absolute atomic E-state index is 12.2. The van der Waals surface area contributed by atoms with Gasteiger partial charge in [0.15, 0.2) is 0 Å². The van der Waals surface area contributed by atoms with Gasteiger partial charge in [0.05, 0.1) is 4.88 Å². The number of carbonyl (C=O) groups is 1. The molecule has 2 aromatic heterocycles. The highest BCUT2D eigenvalue weighted by molar-refractivity contribution is 7.23. The van der Waals surface area contributed by atoms with Crippen molar-refractivity contribution in [3.63, 3.8) is 0 Å². The van der Waals surface area contributed by atoms with E-state index in [-0.39, 0.29) is 5.57 Å². The summed E-state index contributed by atoms with van der Waals surface area (Å²) in [6.07, 6.45) is 1.53.